The number of aliphatic hydroxyl groups is 1. The van der Waals surface area contributed by atoms with Gasteiger partial charge in [0.2, 0.25) is 0 Å². The molecule has 1 heterocycles. The maximum atomic E-state index is 8.75. The van der Waals surface area contributed by atoms with Gasteiger partial charge in [-0.05, 0) is 55.8 Å². The topological polar surface area (TPSA) is 38.7 Å². The van der Waals surface area contributed by atoms with E-state index < -0.39 is 0 Å². The van der Waals surface area contributed by atoms with Crippen LogP contribution in [0.25, 0.3) is 0 Å². The van der Waals surface area contributed by atoms with Gasteiger partial charge in [0.1, 0.15) is 0 Å². The first-order chi connectivity index (χ1) is 13.2. The molecular formula is C24H50O3. The molecule has 2 rings (SSSR count). The van der Waals surface area contributed by atoms with Gasteiger partial charge in [-0.3, -0.25) is 0 Å². The average molecular weight is 387 g/mol. The summed E-state index contributed by atoms with van der Waals surface area (Å²) >= 11 is 0. The number of unbranched alkanes of at least 4 members (excludes halogenated alkanes) is 2. The molecule has 2 aliphatic rings. The molecule has 0 aromatic rings. The van der Waals surface area contributed by atoms with Crippen LogP contribution in [-0.4, -0.2) is 37.6 Å². The molecule has 0 bridgehead atoms. The summed E-state index contributed by atoms with van der Waals surface area (Å²) < 4.78 is 11.8. The molecule has 0 aromatic heterocycles. The quantitative estimate of drug-likeness (QED) is 0.394. The normalized spacial score (nSPS) is 24.8. The first-order valence-corrected chi connectivity index (χ1v) is 12.0. The first kappa shape index (κ1) is 24.9. The Morgan fingerprint density at radius 1 is 0.963 bits per heavy atom. The average Bonchev–Trinajstić information content (AvgIpc) is 3.55. The van der Waals surface area contributed by atoms with Crippen molar-refractivity contribution < 1.29 is 16.0 Å². The molecule has 1 N–H and O–H groups in total. The lowest BCUT2D eigenvalue weighted by Gasteiger charge is -2.32. The van der Waals surface area contributed by atoms with Crippen LogP contribution in [0.4, 0.5) is 0 Å². The molecular weight excluding hydrogens is 336 g/mol. The highest BCUT2D eigenvalue weighted by Crippen LogP contribution is 2.42. The van der Waals surface area contributed by atoms with E-state index in [2.05, 4.69) is 27.7 Å². The maximum Gasteiger partial charge on any atom is 0.0840 e. The van der Waals surface area contributed by atoms with Crippen molar-refractivity contribution in [3.63, 3.8) is 0 Å². The Kier molecular flexibility index (Phi) is 14.5. The second kappa shape index (κ2) is 15.8. The highest BCUT2D eigenvalue weighted by Gasteiger charge is 2.38. The Morgan fingerprint density at radius 3 is 2.11 bits per heavy atom. The van der Waals surface area contributed by atoms with Gasteiger partial charge in [0.25, 0.3) is 0 Å². The highest BCUT2D eigenvalue weighted by molar-refractivity contribution is 4.88. The van der Waals surface area contributed by atoms with Crippen LogP contribution < -0.4 is 0 Å². The van der Waals surface area contributed by atoms with Gasteiger partial charge in [-0.2, -0.15) is 0 Å². The number of rotatable bonds is 13. The molecule has 3 nitrogen and oxygen atoms in total. The van der Waals surface area contributed by atoms with Crippen LogP contribution in [0.15, 0.2) is 0 Å². The van der Waals surface area contributed by atoms with Crippen LogP contribution >= 0.6 is 0 Å². The molecule has 3 heteroatoms. The fourth-order valence-electron chi connectivity index (χ4n) is 4.04. The van der Waals surface area contributed by atoms with Crippen LogP contribution in [0.5, 0.6) is 0 Å². The zero-order valence-corrected chi connectivity index (χ0v) is 18.8. The molecule has 0 spiro atoms. The van der Waals surface area contributed by atoms with E-state index in [9.17, 15) is 0 Å². The number of ether oxygens (including phenoxy) is 2. The van der Waals surface area contributed by atoms with E-state index in [4.69, 9.17) is 14.6 Å². The molecule has 2 unspecified atom stereocenters. The zero-order valence-electron chi connectivity index (χ0n) is 18.8. The van der Waals surface area contributed by atoms with E-state index >= 15 is 0 Å². The third-order valence-electron chi connectivity index (χ3n) is 6.47. The second-order valence-electron chi connectivity index (χ2n) is 8.75. The monoisotopic (exact) mass is 386 g/mol. The Balaban J connectivity index is 0.000000627. The van der Waals surface area contributed by atoms with Crippen molar-refractivity contribution in [2.75, 3.05) is 26.4 Å². The van der Waals surface area contributed by atoms with E-state index in [1.165, 1.54) is 64.2 Å². The smallest absolute Gasteiger partial charge is 0.0840 e. The second-order valence-corrected chi connectivity index (χ2v) is 8.75. The predicted octanol–water partition coefficient (Wildman–Crippen LogP) is 6.48. The van der Waals surface area contributed by atoms with Crippen molar-refractivity contribution in [2.24, 2.45) is 23.7 Å². The van der Waals surface area contributed by atoms with Crippen molar-refractivity contribution in [3.8, 4) is 0 Å². The van der Waals surface area contributed by atoms with Crippen molar-refractivity contribution in [2.45, 2.75) is 104 Å². The van der Waals surface area contributed by atoms with Gasteiger partial charge in [0.15, 0.2) is 0 Å². The van der Waals surface area contributed by atoms with Gasteiger partial charge >= 0.3 is 0 Å². The fraction of sp³-hybridized carbons (Fsp3) is 1.00. The standard InChI is InChI=1S/C16H30O2.C8H18O.H2/c1-3-5-6-13(4-2)11-18-16-12-17-10-9-15(16)14-7-8-14;1-3-5-6-8(4-2)7-9;/h13-16H,3-12H2,1-2H3;8-9H,3-7H2,1-2H3;1H/t13?,15-,16-;;/m1../s1. The van der Waals surface area contributed by atoms with E-state index in [1.54, 1.807) is 0 Å². The molecule has 1 saturated heterocycles. The molecule has 27 heavy (non-hydrogen) atoms. The van der Waals surface area contributed by atoms with Crippen LogP contribution in [-0.2, 0) is 9.47 Å². The summed E-state index contributed by atoms with van der Waals surface area (Å²) in [7, 11) is 0. The first-order valence-electron chi connectivity index (χ1n) is 12.0. The van der Waals surface area contributed by atoms with Crippen LogP contribution in [0.2, 0.25) is 0 Å². The van der Waals surface area contributed by atoms with E-state index in [1.807, 2.05) is 0 Å². The van der Waals surface area contributed by atoms with E-state index in [0.29, 0.717) is 18.6 Å². The lowest BCUT2D eigenvalue weighted by Crippen LogP contribution is -2.37. The molecule has 4 atom stereocenters. The van der Waals surface area contributed by atoms with Gasteiger partial charge in [0.05, 0.1) is 12.7 Å². The summed E-state index contributed by atoms with van der Waals surface area (Å²) in [4.78, 5) is 0. The number of aliphatic hydroxyl groups excluding tert-OH is 1. The molecule has 0 amide bonds. The Labute approximate surface area is 171 Å². The minimum atomic E-state index is 0. The minimum Gasteiger partial charge on any atom is -0.396 e. The van der Waals surface area contributed by atoms with Gasteiger partial charge < -0.3 is 14.6 Å². The SMILES string of the molecule is CCCCC(CC)CO.CCCCC(CC)CO[C@@H]1COCC[C@@H]1C1CC1.[HH]. The Hall–Kier alpha value is -0.120. The predicted molar refractivity (Wildman–Crippen MR) is 117 cm³/mol. The molecule has 0 aromatic carbocycles. The summed E-state index contributed by atoms with van der Waals surface area (Å²) in [6.45, 7) is 12.0. The third-order valence-corrected chi connectivity index (χ3v) is 6.47. The largest absolute Gasteiger partial charge is 0.396 e. The van der Waals surface area contributed by atoms with Crippen LogP contribution in [0.3, 0.4) is 0 Å². The summed E-state index contributed by atoms with van der Waals surface area (Å²) in [5, 5.41) is 8.75. The molecule has 164 valence electrons. The summed E-state index contributed by atoms with van der Waals surface area (Å²) in [5.41, 5.74) is 0. The third kappa shape index (κ3) is 10.9. The Bertz CT molecular complexity index is 332. The van der Waals surface area contributed by atoms with Crippen LogP contribution in [0.1, 0.15) is 99.8 Å². The number of hydrogen-bond donors (Lipinski definition) is 1. The molecule has 0 radical (unpaired) electrons. The molecule has 1 aliphatic heterocycles. The van der Waals surface area contributed by atoms with Gasteiger partial charge in [-0.15, -0.1) is 0 Å². The van der Waals surface area contributed by atoms with Crippen molar-refractivity contribution in [1.82, 2.24) is 0 Å². The maximum absolute atomic E-state index is 8.75. The zero-order chi connectivity index (χ0) is 19.9. The van der Waals surface area contributed by atoms with Gasteiger partial charge in [0, 0.05) is 21.2 Å². The molecule has 2 fully saturated rings. The fourth-order valence-corrected chi connectivity index (χ4v) is 4.04. The number of hydrogen-bond acceptors (Lipinski definition) is 3. The molecule has 1 aliphatic carbocycles. The molecule has 1 saturated carbocycles. The van der Waals surface area contributed by atoms with Gasteiger partial charge in [-0.1, -0.05) is 66.2 Å². The van der Waals surface area contributed by atoms with Crippen molar-refractivity contribution >= 4 is 0 Å². The minimum absolute atomic E-state index is 0. The highest BCUT2D eigenvalue weighted by atomic mass is 16.5. The summed E-state index contributed by atoms with van der Waals surface area (Å²) in [6.07, 6.45) is 14.5. The van der Waals surface area contributed by atoms with Crippen molar-refractivity contribution in [3.05, 3.63) is 0 Å². The lowest BCUT2D eigenvalue weighted by atomic mass is 9.92. The van der Waals surface area contributed by atoms with E-state index in [-0.39, 0.29) is 1.43 Å². The van der Waals surface area contributed by atoms with Crippen LogP contribution in [0, 0.1) is 23.7 Å². The summed E-state index contributed by atoms with van der Waals surface area (Å²) in [5.74, 6) is 3.06. The summed E-state index contributed by atoms with van der Waals surface area (Å²) in [6, 6.07) is 0. The Morgan fingerprint density at radius 2 is 1.59 bits per heavy atom. The van der Waals surface area contributed by atoms with Crippen molar-refractivity contribution in [1.29, 1.82) is 0 Å². The van der Waals surface area contributed by atoms with E-state index in [0.717, 1.165) is 44.0 Å². The lowest BCUT2D eigenvalue weighted by molar-refractivity contribution is -0.0980. The van der Waals surface area contributed by atoms with Gasteiger partial charge in [-0.25, -0.2) is 0 Å².